The zero-order chi connectivity index (χ0) is 16.8. The van der Waals surface area contributed by atoms with Gasteiger partial charge in [-0.05, 0) is 42.0 Å². The van der Waals surface area contributed by atoms with Crippen LogP contribution in [0.25, 0.3) is 0 Å². The molecule has 0 N–H and O–H groups in total. The van der Waals surface area contributed by atoms with E-state index >= 15 is 0 Å². The van der Waals surface area contributed by atoms with Crippen molar-refractivity contribution in [3.63, 3.8) is 0 Å². The fourth-order valence-corrected chi connectivity index (χ4v) is 2.23. The van der Waals surface area contributed by atoms with Crippen LogP contribution in [-0.4, -0.2) is 33.1 Å². The van der Waals surface area contributed by atoms with Crippen LogP contribution in [0.15, 0.2) is 48.5 Å². The molecule has 23 heavy (non-hydrogen) atoms. The Hall–Kier alpha value is -2.82. The summed E-state index contributed by atoms with van der Waals surface area (Å²) < 4.78 is 15.0. The van der Waals surface area contributed by atoms with Crippen LogP contribution in [0.3, 0.4) is 0 Å². The van der Waals surface area contributed by atoms with Crippen molar-refractivity contribution in [2.75, 3.05) is 21.3 Å². The van der Waals surface area contributed by atoms with E-state index in [-0.39, 0.29) is 5.78 Å². The van der Waals surface area contributed by atoms with Crippen LogP contribution in [0.2, 0.25) is 0 Å². The second-order valence-corrected chi connectivity index (χ2v) is 4.82. The van der Waals surface area contributed by atoms with Gasteiger partial charge in [0.15, 0.2) is 5.78 Å². The normalized spacial score (nSPS) is 11.4. The first-order valence-corrected chi connectivity index (χ1v) is 7.00. The SMILES string of the molecule is COC(=O)C(C(=O)c1ccc(OC)cc1)c1ccc(OC)cc1. The highest BCUT2D eigenvalue weighted by Gasteiger charge is 2.30. The minimum atomic E-state index is -1.01. The second kappa shape index (κ2) is 7.45. The smallest absolute Gasteiger partial charge is 0.321 e. The Morgan fingerprint density at radius 2 is 1.26 bits per heavy atom. The Morgan fingerprint density at radius 1 is 0.783 bits per heavy atom. The summed E-state index contributed by atoms with van der Waals surface area (Å²) in [5, 5.41) is 0. The van der Waals surface area contributed by atoms with Gasteiger partial charge in [0.1, 0.15) is 17.4 Å². The summed E-state index contributed by atoms with van der Waals surface area (Å²) in [6.45, 7) is 0. The number of ketones is 1. The summed E-state index contributed by atoms with van der Waals surface area (Å²) in [6.07, 6.45) is 0. The Morgan fingerprint density at radius 3 is 1.70 bits per heavy atom. The van der Waals surface area contributed by atoms with Crippen LogP contribution in [-0.2, 0) is 9.53 Å². The lowest BCUT2D eigenvalue weighted by atomic mass is 9.90. The highest BCUT2D eigenvalue weighted by Crippen LogP contribution is 2.25. The molecule has 0 aliphatic rings. The molecule has 0 saturated carbocycles. The number of ether oxygens (including phenoxy) is 3. The van der Waals surface area contributed by atoms with E-state index < -0.39 is 11.9 Å². The lowest BCUT2D eigenvalue weighted by Crippen LogP contribution is -2.23. The third kappa shape index (κ3) is 3.69. The summed E-state index contributed by atoms with van der Waals surface area (Å²) in [5.74, 6) is -0.658. The summed E-state index contributed by atoms with van der Waals surface area (Å²) >= 11 is 0. The predicted molar refractivity (Wildman–Crippen MR) is 85.1 cm³/mol. The van der Waals surface area contributed by atoms with Crippen molar-refractivity contribution < 1.29 is 23.8 Å². The number of methoxy groups -OCH3 is 3. The minimum Gasteiger partial charge on any atom is -0.497 e. The minimum absolute atomic E-state index is 0.329. The monoisotopic (exact) mass is 314 g/mol. The molecule has 1 atom stereocenters. The van der Waals surface area contributed by atoms with Crippen molar-refractivity contribution in [1.29, 1.82) is 0 Å². The summed E-state index contributed by atoms with van der Waals surface area (Å²) in [5.41, 5.74) is 0.968. The van der Waals surface area contributed by atoms with Crippen LogP contribution in [0, 0.1) is 0 Å². The molecule has 0 fully saturated rings. The van der Waals surface area contributed by atoms with Gasteiger partial charge in [-0.1, -0.05) is 12.1 Å². The molecule has 2 aromatic carbocycles. The lowest BCUT2D eigenvalue weighted by molar-refractivity contribution is -0.141. The molecule has 0 aliphatic heterocycles. The number of esters is 1. The van der Waals surface area contributed by atoms with Crippen LogP contribution < -0.4 is 9.47 Å². The van der Waals surface area contributed by atoms with Crippen molar-refractivity contribution in [3.05, 3.63) is 59.7 Å². The first-order valence-electron chi connectivity index (χ1n) is 7.00. The molecule has 2 aromatic rings. The molecule has 0 radical (unpaired) electrons. The standard InChI is InChI=1S/C18H18O5/c1-21-14-8-4-12(5-9-14)16(18(20)23-3)17(19)13-6-10-15(22-2)11-7-13/h4-11,16H,1-3H3. The maximum Gasteiger partial charge on any atom is 0.321 e. The van der Waals surface area contributed by atoms with E-state index in [2.05, 4.69) is 0 Å². The largest absolute Gasteiger partial charge is 0.497 e. The third-order valence-corrected chi connectivity index (χ3v) is 3.52. The maximum atomic E-state index is 12.7. The molecule has 0 spiro atoms. The van der Waals surface area contributed by atoms with Gasteiger partial charge in [-0.25, -0.2) is 0 Å². The molecule has 120 valence electrons. The van der Waals surface area contributed by atoms with Crippen molar-refractivity contribution in [1.82, 2.24) is 0 Å². The van der Waals surface area contributed by atoms with Gasteiger partial charge in [-0.2, -0.15) is 0 Å². The average molecular weight is 314 g/mol. The van der Waals surface area contributed by atoms with Crippen molar-refractivity contribution in [2.45, 2.75) is 5.92 Å². The summed E-state index contributed by atoms with van der Waals surface area (Å²) in [4.78, 5) is 24.8. The maximum absolute atomic E-state index is 12.7. The van der Waals surface area contributed by atoms with Gasteiger partial charge in [0.25, 0.3) is 0 Å². The molecule has 2 rings (SSSR count). The van der Waals surface area contributed by atoms with Gasteiger partial charge < -0.3 is 14.2 Å². The van der Waals surface area contributed by atoms with Gasteiger partial charge >= 0.3 is 5.97 Å². The number of hydrogen-bond acceptors (Lipinski definition) is 5. The molecule has 5 nitrogen and oxygen atoms in total. The Balaban J connectivity index is 2.36. The molecular formula is C18H18O5. The molecule has 0 aliphatic carbocycles. The van der Waals surface area contributed by atoms with Crippen LogP contribution in [0.4, 0.5) is 0 Å². The van der Waals surface area contributed by atoms with Crippen LogP contribution >= 0.6 is 0 Å². The fourth-order valence-electron chi connectivity index (χ4n) is 2.23. The number of hydrogen-bond donors (Lipinski definition) is 0. The predicted octanol–water partition coefficient (Wildman–Crippen LogP) is 2.84. The first kappa shape index (κ1) is 16.5. The van der Waals surface area contributed by atoms with Gasteiger partial charge in [-0.15, -0.1) is 0 Å². The molecule has 0 saturated heterocycles. The van der Waals surface area contributed by atoms with Crippen LogP contribution in [0.1, 0.15) is 21.8 Å². The molecular weight excluding hydrogens is 296 g/mol. The zero-order valence-corrected chi connectivity index (χ0v) is 13.2. The Labute approximate surface area is 134 Å². The molecule has 0 bridgehead atoms. The van der Waals surface area contributed by atoms with E-state index in [4.69, 9.17) is 14.2 Å². The average Bonchev–Trinajstić information content (AvgIpc) is 2.62. The topological polar surface area (TPSA) is 61.8 Å². The number of Topliss-reactive ketones (excluding diaryl/α,β-unsaturated/α-hetero) is 1. The van der Waals surface area contributed by atoms with E-state index in [0.717, 1.165) is 0 Å². The number of carbonyl (C=O) groups is 2. The molecule has 1 unspecified atom stereocenters. The zero-order valence-electron chi connectivity index (χ0n) is 13.2. The van der Waals surface area contributed by atoms with E-state index in [1.165, 1.54) is 7.11 Å². The highest BCUT2D eigenvalue weighted by atomic mass is 16.5. The number of benzene rings is 2. The van der Waals surface area contributed by atoms with Gasteiger partial charge in [0.05, 0.1) is 21.3 Å². The van der Waals surface area contributed by atoms with Crippen molar-refractivity contribution in [2.24, 2.45) is 0 Å². The van der Waals surface area contributed by atoms with Gasteiger partial charge in [0.2, 0.25) is 0 Å². The Kier molecular flexibility index (Phi) is 5.36. The second-order valence-electron chi connectivity index (χ2n) is 4.82. The van der Waals surface area contributed by atoms with E-state index in [0.29, 0.717) is 22.6 Å². The third-order valence-electron chi connectivity index (χ3n) is 3.52. The lowest BCUT2D eigenvalue weighted by Gasteiger charge is -2.15. The van der Waals surface area contributed by atoms with Crippen molar-refractivity contribution >= 4 is 11.8 Å². The van der Waals surface area contributed by atoms with Crippen molar-refractivity contribution in [3.8, 4) is 11.5 Å². The van der Waals surface area contributed by atoms with E-state index in [9.17, 15) is 9.59 Å². The quantitative estimate of drug-likeness (QED) is 0.466. The van der Waals surface area contributed by atoms with Gasteiger partial charge in [0, 0.05) is 5.56 Å². The summed E-state index contributed by atoms with van der Waals surface area (Å²) in [7, 11) is 4.36. The highest BCUT2D eigenvalue weighted by molar-refractivity contribution is 6.13. The first-order chi connectivity index (χ1) is 11.1. The molecule has 5 heteroatoms. The molecule has 0 aromatic heterocycles. The fraction of sp³-hybridized carbons (Fsp3) is 0.222. The number of rotatable bonds is 6. The molecule has 0 heterocycles. The van der Waals surface area contributed by atoms with E-state index in [1.807, 2.05) is 0 Å². The summed E-state index contributed by atoms with van der Waals surface area (Å²) in [6, 6.07) is 13.4. The van der Waals surface area contributed by atoms with Gasteiger partial charge in [-0.3, -0.25) is 9.59 Å². The Bertz CT molecular complexity index is 674. The van der Waals surface area contributed by atoms with E-state index in [1.54, 1.807) is 62.8 Å². The number of carbonyl (C=O) groups excluding carboxylic acids is 2. The molecule has 0 amide bonds. The van der Waals surface area contributed by atoms with Crippen LogP contribution in [0.5, 0.6) is 11.5 Å².